The summed E-state index contributed by atoms with van der Waals surface area (Å²) in [5.41, 5.74) is 0.669. The number of ether oxygens (including phenoxy) is 2. The molecule has 1 N–H and O–H groups in total. The zero-order valence-electron chi connectivity index (χ0n) is 12.1. The van der Waals surface area contributed by atoms with E-state index in [1.54, 1.807) is 6.07 Å². The molecule has 1 atom stereocenters. The Kier molecular flexibility index (Phi) is 5.31. The molecule has 2 heterocycles. The largest absolute Gasteiger partial charge is 0.490 e. The fraction of sp³-hybridized carbons (Fsp3) is 0.533. The van der Waals surface area contributed by atoms with Gasteiger partial charge < -0.3 is 19.7 Å². The first-order chi connectivity index (χ1) is 9.75. The maximum atomic E-state index is 12.6. The normalized spacial score (nSPS) is 21.2. The maximum Gasteiger partial charge on any atom is 0.254 e. The van der Waals surface area contributed by atoms with Crippen molar-refractivity contribution in [1.82, 2.24) is 10.2 Å². The SMILES string of the molecule is C[C@@H]1CNCCN1C(=O)c1ccc2c(c1)OCCCO2.Cl. The molecule has 1 amide bonds. The quantitative estimate of drug-likeness (QED) is 0.857. The van der Waals surface area contributed by atoms with Crippen molar-refractivity contribution in [3.63, 3.8) is 0 Å². The summed E-state index contributed by atoms with van der Waals surface area (Å²) in [6.45, 7) is 5.79. The molecule has 0 spiro atoms. The van der Waals surface area contributed by atoms with Gasteiger partial charge in [-0.3, -0.25) is 4.79 Å². The van der Waals surface area contributed by atoms with E-state index in [1.807, 2.05) is 17.0 Å². The summed E-state index contributed by atoms with van der Waals surface area (Å²) in [5, 5.41) is 3.29. The van der Waals surface area contributed by atoms with Crippen LogP contribution in [0.2, 0.25) is 0 Å². The Morgan fingerprint density at radius 1 is 1.29 bits per heavy atom. The predicted octanol–water partition coefficient (Wildman–Crippen LogP) is 1.70. The fourth-order valence-corrected chi connectivity index (χ4v) is 2.60. The van der Waals surface area contributed by atoms with Crippen LogP contribution in [0, 0.1) is 0 Å². The molecule has 0 aliphatic carbocycles. The van der Waals surface area contributed by atoms with Gasteiger partial charge in [-0.15, -0.1) is 12.4 Å². The van der Waals surface area contributed by atoms with Crippen LogP contribution in [0.3, 0.4) is 0 Å². The van der Waals surface area contributed by atoms with Crippen LogP contribution in [-0.2, 0) is 0 Å². The van der Waals surface area contributed by atoms with Gasteiger partial charge in [0.05, 0.1) is 13.2 Å². The topological polar surface area (TPSA) is 50.8 Å². The minimum atomic E-state index is 0. The van der Waals surface area contributed by atoms with Crippen molar-refractivity contribution in [3.8, 4) is 11.5 Å². The third kappa shape index (κ3) is 3.41. The Hall–Kier alpha value is -1.46. The number of nitrogens with one attached hydrogen (secondary N) is 1. The highest BCUT2D eigenvalue weighted by Gasteiger charge is 2.25. The van der Waals surface area contributed by atoms with Crippen molar-refractivity contribution in [3.05, 3.63) is 23.8 Å². The molecule has 1 saturated heterocycles. The van der Waals surface area contributed by atoms with Gasteiger partial charge in [0.1, 0.15) is 0 Å². The average molecular weight is 313 g/mol. The van der Waals surface area contributed by atoms with Crippen LogP contribution in [0.15, 0.2) is 18.2 Å². The Labute approximate surface area is 131 Å². The van der Waals surface area contributed by atoms with Crippen molar-refractivity contribution >= 4 is 18.3 Å². The molecule has 5 nitrogen and oxygen atoms in total. The van der Waals surface area contributed by atoms with E-state index in [1.165, 1.54) is 0 Å². The Morgan fingerprint density at radius 2 is 2.05 bits per heavy atom. The number of carbonyl (C=O) groups is 1. The van der Waals surface area contributed by atoms with E-state index in [9.17, 15) is 4.79 Å². The molecule has 2 aliphatic rings. The summed E-state index contributed by atoms with van der Waals surface area (Å²) in [4.78, 5) is 14.5. The third-order valence-electron chi connectivity index (χ3n) is 3.76. The number of carbonyl (C=O) groups excluding carboxylic acids is 1. The smallest absolute Gasteiger partial charge is 0.254 e. The van der Waals surface area contributed by atoms with Gasteiger partial charge in [0.25, 0.3) is 5.91 Å². The van der Waals surface area contributed by atoms with Crippen LogP contribution < -0.4 is 14.8 Å². The number of rotatable bonds is 1. The average Bonchev–Trinajstić information content (AvgIpc) is 2.71. The number of amides is 1. The number of fused-ring (bicyclic) bond motifs is 1. The monoisotopic (exact) mass is 312 g/mol. The number of nitrogens with zero attached hydrogens (tertiary/aromatic N) is 1. The molecular formula is C15H21ClN2O3. The zero-order chi connectivity index (χ0) is 13.9. The van der Waals surface area contributed by atoms with Gasteiger partial charge in [-0.1, -0.05) is 0 Å². The molecule has 0 bridgehead atoms. The minimum Gasteiger partial charge on any atom is -0.490 e. The van der Waals surface area contributed by atoms with E-state index in [2.05, 4.69) is 12.2 Å². The highest BCUT2D eigenvalue weighted by atomic mass is 35.5. The van der Waals surface area contributed by atoms with Crippen molar-refractivity contribution in [2.45, 2.75) is 19.4 Å². The fourth-order valence-electron chi connectivity index (χ4n) is 2.60. The molecule has 0 radical (unpaired) electrons. The predicted molar refractivity (Wildman–Crippen MR) is 82.7 cm³/mol. The van der Waals surface area contributed by atoms with Gasteiger partial charge in [0.15, 0.2) is 11.5 Å². The zero-order valence-corrected chi connectivity index (χ0v) is 12.9. The van der Waals surface area contributed by atoms with E-state index >= 15 is 0 Å². The third-order valence-corrected chi connectivity index (χ3v) is 3.76. The summed E-state index contributed by atoms with van der Waals surface area (Å²) in [5.74, 6) is 1.47. The lowest BCUT2D eigenvalue weighted by Crippen LogP contribution is -2.52. The second-order valence-electron chi connectivity index (χ2n) is 5.26. The van der Waals surface area contributed by atoms with Gasteiger partial charge in [0.2, 0.25) is 0 Å². The van der Waals surface area contributed by atoms with E-state index in [-0.39, 0.29) is 24.4 Å². The van der Waals surface area contributed by atoms with Crippen molar-refractivity contribution in [1.29, 1.82) is 0 Å². The Balaban J connectivity index is 0.00000161. The van der Waals surface area contributed by atoms with E-state index in [4.69, 9.17) is 9.47 Å². The molecular weight excluding hydrogens is 292 g/mol. The molecule has 1 fully saturated rings. The number of benzene rings is 1. The Bertz CT molecular complexity index is 510. The highest BCUT2D eigenvalue weighted by Crippen LogP contribution is 2.31. The lowest BCUT2D eigenvalue weighted by Gasteiger charge is -2.34. The van der Waals surface area contributed by atoms with Crippen LogP contribution in [0.5, 0.6) is 11.5 Å². The van der Waals surface area contributed by atoms with Crippen molar-refractivity contribution < 1.29 is 14.3 Å². The van der Waals surface area contributed by atoms with Crippen LogP contribution in [-0.4, -0.2) is 49.7 Å². The van der Waals surface area contributed by atoms with Crippen molar-refractivity contribution in [2.24, 2.45) is 0 Å². The molecule has 0 aromatic heterocycles. The van der Waals surface area contributed by atoms with Crippen LogP contribution in [0.25, 0.3) is 0 Å². The van der Waals surface area contributed by atoms with Crippen LogP contribution in [0.4, 0.5) is 0 Å². The second kappa shape index (κ2) is 7.00. The van der Waals surface area contributed by atoms with E-state index in [0.29, 0.717) is 24.5 Å². The molecule has 116 valence electrons. The first-order valence-electron chi connectivity index (χ1n) is 7.17. The molecule has 21 heavy (non-hydrogen) atoms. The lowest BCUT2D eigenvalue weighted by atomic mass is 10.1. The van der Waals surface area contributed by atoms with E-state index < -0.39 is 0 Å². The summed E-state index contributed by atoms with van der Waals surface area (Å²) >= 11 is 0. The maximum absolute atomic E-state index is 12.6. The first-order valence-corrected chi connectivity index (χ1v) is 7.17. The van der Waals surface area contributed by atoms with Gasteiger partial charge in [-0.2, -0.15) is 0 Å². The van der Waals surface area contributed by atoms with Crippen LogP contribution >= 0.6 is 12.4 Å². The molecule has 1 aromatic carbocycles. The summed E-state index contributed by atoms with van der Waals surface area (Å²) in [7, 11) is 0. The van der Waals surface area contributed by atoms with Crippen LogP contribution in [0.1, 0.15) is 23.7 Å². The number of piperazine rings is 1. The number of halogens is 1. The van der Waals surface area contributed by atoms with Crippen molar-refractivity contribution in [2.75, 3.05) is 32.8 Å². The molecule has 6 heteroatoms. The summed E-state index contributed by atoms with van der Waals surface area (Å²) < 4.78 is 11.2. The summed E-state index contributed by atoms with van der Waals surface area (Å²) in [6.07, 6.45) is 0.868. The number of hydrogen-bond acceptors (Lipinski definition) is 4. The van der Waals surface area contributed by atoms with Gasteiger partial charge in [-0.25, -0.2) is 0 Å². The molecule has 0 unspecified atom stereocenters. The second-order valence-corrected chi connectivity index (χ2v) is 5.26. The molecule has 1 aromatic rings. The van der Waals surface area contributed by atoms with E-state index in [0.717, 1.165) is 31.8 Å². The number of hydrogen-bond donors (Lipinski definition) is 1. The molecule has 0 saturated carbocycles. The molecule has 2 aliphatic heterocycles. The first kappa shape index (κ1) is 15.9. The summed E-state index contributed by atoms with van der Waals surface area (Å²) in [6, 6.07) is 5.68. The minimum absolute atomic E-state index is 0. The highest BCUT2D eigenvalue weighted by molar-refractivity contribution is 5.95. The standard InChI is InChI=1S/C15H20N2O3.ClH/c1-11-10-16-5-6-17(11)15(18)12-3-4-13-14(9-12)20-8-2-7-19-13;/h3-4,9,11,16H,2,5-8,10H2,1H3;1H/t11-;/m1./s1. The lowest BCUT2D eigenvalue weighted by molar-refractivity contribution is 0.0655. The Morgan fingerprint density at radius 3 is 2.81 bits per heavy atom. The van der Waals surface area contributed by atoms with Gasteiger partial charge in [0, 0.05) is 37.7 Å². The molecule has 3 rings (SSSR count). The van der Waals surface area contributed by atoms with Gasteiger partial charge >= 0.3 is 0 Å². The van der Waals surface area contributed by atoms with Gasteiger partial charge in [-0.05, 0) is 25.1 Å².